The topological polar surface area (TPSA) is 12.5 Å². The highest BCUT2D eigenvalue weighted by Crippen LogP contribution is 2.21. The average molecular weight is 225 g/mol. The van der Waals surface area contributed by atoms with Gasteiger partial charge in [-0.3, -0.25) is 4.90 Å². The fourth-order valence-corrected chi connectivity index (χ4v) is 1.84. The molecule has 0 amide bonds. The normalized spacial score (nSPS) is 21.2. The highest BCUT2D eigenvalue weighted by atomic mass is 19.4. The summed E-state index contributed by atoms with van der Waals surface area (Å²) in [6.07, 6.45) is -2.38. The van der Waals surface area contributed by atoms with Crippen molar-refractivity contribution < 1.29 is 17.9 Å². The van der Waals surface area contributed by atoms with E-state index in [1.165, 1.54) is 4.90 Å². The van der Waals surface area contributed by atoms with Crippen molar-refractivity contribution >= 4 is 0 Å². The van der Waals surface area contributed by atoms with E-state index in [0.29, 0.717) is 25.9 Å². The van der Waals surface area contributed by atoms with E-state index in [2.05, 4.69) is 0 Å². The summed E-state index contributed by atoms with van der Waals surface area (Å²) < 4.78 is 41.8. The quantitative estimate of drug-likeness (QED) is 0.731. The van der Waals surface area contributed by atoms with Crippen molar-refractivity contribution in [1.29, 1.82) is 0 Å². The largest absolute Gasteiger partial charge is 0.401 e. The molecule has 0 aromatic rings. The first kappa shape index (κ1) is 12.8. The van der Waals surface area contributed by atoms with Gasteiger partial charge >= 0.3 is 6.18 Å². The van der Waals surface area contributed by atoms with E-state index >= 15 is 0 Å². The van der Waals surface area contributed by atoms with Crippen molar-refractivity contribution in [3.8, 4) is 0 Å². The predicted octanol–water partition coefficient (Wildman–Crippen LogP) is 2.44. The molecule has 1 aliphatic rings. The minimum atomic E-state index is -4.08. The van der Waals surface area contributed by atoms with Gasteiger partial charge in [0.2, 0.25) is 0 Å². The van der Waals surface area contributed by atoms with Crippen LogP contribution in [-0.4, -0.2) is 42.9 Å². The Morgan fingerprint density at radius 1 is 1.27 bits per heavy atom. The Morgan fingerprint density at radius 2 is 1.80 bits per heavy atom. The second-order valence-corrected chi connectivity index (χ2v) is 4.28. The summed E-state index contributed by atoms with van der Waals surface area (Å²) in [5.74, 6) is 0. The van der Waals surface area contributed by atoms with Crippen molar-refractivity contribution in [3.63, 3.8) is 0 Å². The van der Waals surface area contributed by atoms with Crippen LogP contribution in [-0.2, 0) is 4.74 Å². The Hall–Kier alpha value is -0.290. The molecule has 0 unspecified atom stereocenters. The number of ether oxygens (including phenoxy) is 1. The molecule has 0 atom stereocenters. The van der Waals surface area contributed by atoms with Crippen molar-refractivity contribution in [2.75, 3.05) is 19.6 Å². The van der Waals surface area contributed by atoms with Crippen molar-refractivity contribution in [1.82, 2.24) is 4.90 Å². The molecule has 90 valence electrons. The van der Waals surface area contributed by atoms with Crippen LogP contribution in [0.2, 0.25) is 0 Å². The summed E-state index contributed by atoms with van der Waals surface area (Å²) >= 11 is 0. The zero-order valence-corrected chi connectivity index (χ0v) is 9.18. The van der Waals surface area contributed by atoms with Crippen LogP contribution in [0.4, 0.5) is 13.2 Å². The number of halogens is 3. The molecule has 2 nitrogen and oxygen atoms in total. The number of hydrogen-bond donors (Lipinski definition) is 0. The molecule has 0 radical (unpaired) electrons. The number of likely N-dealkylation sites (tertiary alicyclic amines) is 1. The maximum absolute atomic E-state index is 12.1. The number of alkyl halides is 3. The van der Waals surface area contributed by atoms with Gasteiger partial charge in [-0.2, -0.15) is 13.2 Å². The molecule has 0 spiro atoms. The second-order valence-electron chi connectivity index (χ2n) is 4.28. The third kappa shape index (κ3) is 5.37. The minimum absolute atomic E-state index is 0.134. The van der Waals surface area contributed by atoms with Crippen LogP contribution in [0.1, 0.15) is 26.7 Å². The van der Waals surface area contributed by atoms with Crippen LogP contribution >= 0.6 is 0 Å². The summed E-state index contributed by atoms with van der Waals surface area (Å²) in [7, 11) is 0. The fourth-order valence-electron chi connectivity index (χ4n) is 1.84. The Balaban J connectivity index is 2.24. The van der Waals surface area contributed by atoms with Crippen LogP contribution in [0.15, 0.2) is 0 Å². The van der Waals surface area contributed by atoms with E-state index in [1.54, 1.807) is 0 Å². The number of hydrogen-bond acceptors (Lipinski definition) is 2. The predicted molar refractivity (Wildman–Crippen MR) is 51.7 cm³/mol. The van der Waals surface area contributed by atoms with Crippen LogP contribution < -0.4 is 0 Å². The van der Waals surface area contributed by atoms with Crippen molar-refractivity contribution in [2.45, 2.75) is 45.1 Å². The molecule has 15 heavy (non-hydrogen) atoms. The van der Waals surface area contributed by atoms with Gasteiger partial charge in [-0.1, -0.05) is 0 Å². The molecule has 1 aliphatic heterocycles. The molecule has 0 N–H and O–H groups in total. The van der Waals surface area contributed by atoms with Gasteiger partial charge in [0, 0.05) is 13.1 Å². The SMILES string of the molecule is CC(C)OC1CCN(CC(F)(F)F)CC1. The van der Waals surface area contributed by atoms with Crippen molar-refractivity contribution in [3.05, 3.63) is 0 Å². The third-order valence-corrected chi connectivity index (χ3v) is 2.40. The monoisotopic (exact) mass is 225 g/mol. The third-order valence-electron chi connectivity index (χ3n) is 2.40. The first-order valence-corrected chi connectivity index (χ1v) is 5.31. The van der Waals surface area contributed by atoms with Gasteiger partial charge in [-0.15, -0.1) is 0 Å². The van der Waals surface area contributed by atoms with Crippen LogP contribution in [0.25, 0.3) is 0 Å². The summed E-state index contributed by atoms with van der Waals surface area (Å²) in [4.78, 5) is 1.44. The zero-order chi connectivity index (χ0) is 11.5. The first-order valence-electron chi connectivity index (χ1n) is 5.31. The van der Waals surface area contributed by atoms with Crippen LogP contribution in [0.5, 0.6) is 0 Å². The Labute approximate surface area is 88.4 Å². The molecular formula is C10H18F3NO. The average Bonchev–Trinajstić information content (AvgIpc) is 2.05. The standard InChI is InChI=1S/C10H18F3NO/c1-8(2)15-9-3-5-14(6-4-9)7-10(11,12)13/h8-9H,3-7H2,1-2H3. The molecule has 1 heterocycles. The van der Waals surface area contributed by atoms with Crippen molar-refractivity contribution in [2.24, 2.45) is 0 Å². The maximum atomic E-state index is 12.1. The van der Waals surface area contributed by atoms with Gasteiger partial charge in [0.25, 0.3) is 0 Å². The maximum Gasteiger partial charge on any atom is 0.401 e. The van der Waals surface area contributed by atoms with Gasteiger partial charge in [-0.25, -0.2) is 0 Å². The van der Waals surface area contributed by atoms with E-state index < -0.39 is 12.7 Å². The number of nitrogens with zero attached hydrogens (tertiary/aromatic N) is 1. The van der Waals surface area contributed by atoms with Gasteiger partial charge in [-0.05, 0) is 26.7 Å². The molecule has 1 saturated heterocycles. The molecule has 0 aromatic heterocycles. The van der Waals surface area contributed by atoms with E-state index in [1.807, 2.05) is 13.8 Å². The Bertz CT molecular complexity index is 186. The van der Waals surface area contributed by atoms with Gasteiger partial charge in [0.1, 0.15) is 0 Å². The van der Waals surface area contributed by atoms with Gasteiger partial charge < -0.3 is 4.74 Å². The zero-order valence-electron chi connectivity index (χ0n) is 9.18. The fraction of sp³-hybridized carbons (Fsp3) is 1.00. The first-order chi connectivity index (χ1) is 6.87. The highest BCUT2D eigenvalue weighted by Gasteiger charge is 2.32. The minimum Gasteiger partial charge on any atom is -0.375 e. The summed E-state index contributed by atoms with van der Waals surface area (Å²) in [6, 6.07) is 0. The summed E-state index contributed by atoms with van der Waals surface area (Å²) in [5, 5.41) is 0. The number of piperidine rings is 1. The molecular weight excluding hydrogens is 207 g/mol. The lowest BCUT2D eigenvalue weighted by molar-refractivity contribution is -0.152. The van der Waals surface area contributed by atoms with Crippen LogP contribution in [0.3, 0.4) is 0 Å². The lowest BCUT2D eigenvalue weighted by atomic mass is 10.1. The smallest absolute Gasteiger partial charge is 0.375 e. The Morgan fingerprint density at radius 3 is 2.20 bits per heavy atom. The molecule has 0 bridgehead atoms. The highest BCUT2D eigenvalue weighted by molar-refractivity contribution is 4.74. The van der Waals surface area contributed by atoms with Gasteiger partial charge in [0.05, 0.1) is 18.8 Å². The molecule has 1 rings (SSSR count). The van der Waals surface area contributed by atoms with Gasteiger partial charge in [0.15, 0.2) is 0 Å². The summed E-state index contributed by atoms with van der Waals surface area (Å²) in [5.41, 5.74) is 0. The summed E-state index contributed by atoms with van der Waals surface area (Å²) in [6.45, 7) is 4.07. The molecule has 0 saturated carbocycles. The van der Waals surface area contributed by atoms with E-state index in [4.69, 9.17) is 4.74 Å². The van der Waals surface area contributed by atoms with E-state index in [9.17, 15) is 13.2 Å². The Kier molecular flexibility index (Phi) is 4.40. The second kappa shape index (κ2) is 5.16. The molecule has 5 heteroatoms. The lowest BCUT2D eigenvalue weighted by Crippen LogP contribution is -2.42. The molecule has 0 aliphatic carbocycles. The van der Waals surface area contributed by atoms with E-state index in [-0.39, 0.29) is 12.2 Å². The molecule has 0 aromatic carbocycles. The van der Waals surface area contributed by atoms with E-state index in [0.717, 1.165) is 0 Å². The lowest BCUT2D eigenvalue weighted by Gasteiger charge is -2.33. The van der Waals surface area contributed by atoms with Crippen LogP contribution in [0, 0.1) is 0 Å². The number of rotatable bonds is 3. The molecule has 1 fully saturated rings.